The van der Waals surface area contributed by atoms with Gasteiger partial charge in [-0.05, 0) is 40.5 Å². The van der Waals surface area contributed by atoms with Gasteiger partial charge in [0.05, 0.1) is 0 Å². The van der Waals surface area contributed by atoms with Crippen LogP contribution in [-0.2, 0) is 14.3 Å². The minimum absolute atomic E-state index is 0.0771. The van der Waals surface area contributed by atoms with E-state index in [1.165, 1.54) is 4.90 Å². The average Bonchev–Trinajstić information content (AvgIpc) is 3.38. The minimum Gasteiger partial charge on any atom is -0.480 e. The summed E-state index contributed by atoms with van der Waals surface area (Å²) < 4.78 is 5.64. The second-order valence-electron chi connectivity index (χ2n) is 9.41. The number of fused-ring (bicyclic) bond motifs is 3. The predicted molar refractivity (Wildman–Crippen MR) is 128 cm³/mol. The van der Waals surface area contributed by atoms with Crippen molar-refractivity contribution >= 4 is 18.0 Å². The van der Waals surface area contributed by atoms with Crippen molar-refractivity contribution in [1.82, 2.24) is 10.2 Å². The molecule has 4 atom stereocenters. The van der Waals surface area contributed by atoms with E-state index in [1.54, 1.807) is 0 Å². The summed E-state index contributed by atoms with van der Waals surface area (Å²) in [6, 6.07) is 14.5. The Morgan fingerprint density at radius 2 is 1.68 bits per heavy atom. The zero-order chi connectivity index (χ0) is 24.4. The number of alkyl carbamates (subject to hydrolysis) is 1. The Morgan fingerprint density at radius 3 is 2.24 bits per heavy atom. The first-order valence-corrected chi connectivity index (χ1v) is 12.0. The molecular formula is C27H32N2O5. The summed E-state index contributed by atoms with van der Waals surface area (Å²) in [5.41, 5.74) is 4.51. The van der Waals surface area contributed by atoms with Crippen LogP contribution in [0.2, 0.25) is 0 Å². The molecular weight excluding hydrogens is 432 g/mol. The molecule has 1 fully saturated rings. The van der Waals surface area contributed by atoms with Crippen molar-refractivity contribution in [2.45, 2.75) is 51.6 Å². The van der Waals surface area contributed by atoms with E-state index in [0.717, 1.165) is 22.3 Å². The first-order chi connectivity index (χ1) is 16.3. The quantitative estimate of drug-likeness (QED) is 0.638. The number of amides is 2. The van der Waals surface area contributed by atoms with E-state index < -0.39 is 24.1 Å². The number of hydrogen-bond acceptors (Lipinski definition) is 4. The number of aliphatic carboxylic acids is 1. The molecule has 7 heteroatoms. The maximum atomic E-state index is 13.3. The van der Waals surface area contributed by atoms with Crippen LogP contribution in [0.1, 0.15) is 50.7 Å². The lowest BCUT2D eigenvalue weighted by Gasteiger charge is -2.31. The summed E-state index contributed by atoms with van der Waals surface area (Å²) in [4.78, 5) is 39.3. The molecule has 4 unspecified atom stereocenters. The average molecular weight is 465 g/mol. The van der Waals surface area contributed by atoms with Crippen LogP contribution in [0.5, 0.6) is 0 Å². The molecule has 2 amide bonds. The van der Waals surface area contributed by atoms with E-state index >= 15 is 0 Å². The molecule has 1 aliphatic heterocycles. The summed E-state index contributed by atoms with van der Waals surface area (Å²) in [6.07, 6.45) is 0.613. The number of ether oxygens (including phenoxy) is 1. The fourth-order valence-corrected chi connectivity index (χ4v) is 5.20. The molecule has 1 saturated heterocycles. The highest BCUT2D eigenvalue weighted by molar-refractivity contribution is 5.90. The Morgan fingerprint density at radius 1 is 1.09 bits per heavy atom. The van der Waals surface area contributed by atoms with Crippen LogP contribution in [0.4, 0.5) is 4.79 Å². The molecule has 0 spiro atoms. The van der Waals surface area contributed by atoms with Crippen molar-refractivity contribution in [1.29, 1.82) is 0 Å². The molecule has 180 valence electrons. The number of carboxylic acids is 1. The van der Waals surface area contributed by atoms with Gasteiger partial charge in [-0.25, -0.2) is 9.59 Å². The molecule has 34 heavy (non-hydrogen) atoms. The van der Waals surface area contributed by atoms with E-state index in [1.807, 2.05) is 57.2 Å². The number of carboxylic acid groups (broad SMARTS) is 1. The van der Waals surface area contributed by atoms with E-state index in [9.17, 15) is 19.5 Å². The lowest BCUT2D eigenvalue weighted by Crippen LogP contribution is -2.55. The van der Waals surface area contributed by atoms with Crippen molar-refractivity contribution in [3.63, 3.8) is 0 Å². The molecule has 0 saturated carbocycles. The lowest BCUT2D eigenvalue weighted by atomic mass is 9.97. The van der Waals surface area contributed by atoms with Gasteiger partial charge in [-0.3, -0.25) is 4.79 Å². The highest BCUT2D eigenvalue weighted by Gasteiger charge is 2.43. The molecule has 2 aromatic rings. The summed E-state index contributed by atoms with van der Waals surface area (Å²) in [6.45, 7) is 6.17. The maximum absolute atomic E-state index is 13.3. The number of carbonyl (C=O) groups is 3. The smallest absolute Gasteiger partial charge is 0.407 e. The zero-order valence-corrected chi connectivity index (χ0v) is 19.9. The standard InChI is InChI=1S/C27H32N2O5/c1-4-16(2)23(25(30)29-14-13-17(3)24(29)26(31)32)28-27(33)34-15-22-20-11-7-5-9-18(20)19-10-6-8-12-21(19)22/h5-12,16-17,22-24H,4,13-15H2,1-3H3,(H,28,33)(H,31,32). The Labute approximate surface area is 200 Å². The van der Waals surface area contributed by atoms with E-state index in [0.29, 0.717) is 19.4 Å². The number of rotatable bonds is 7. The highest BCUT2D eigenvalue weighted by atomic mass is 16.5. The molecule has 7 nitrogen and oxygen atoms in total. The number of nitrogens with one attached hydrogen (secondary N) is 1. The molecule has 0 bridgehead atoms. The van der Waals surface area contributed by atoms with Crippen LogP contribution in [0.3, 0.4) is 0 Å². The van der Waals surface area contributed by atoms with Crippen LogP contribution < -0.4 is 5.32 Å². The Bertz CT molecular complexity index is 1040. The Balaban J connectivity index is 1.46. The summed E-state index contributed by atoms with van der Waals surface area (Å²) in [5, 5.41) is 12.4. The summed E-state index contributed by atoms with van der Waals surface area (Å²) >= 11 is 0. The number of likely N-dealkylation sites (tertiary alicyclic amines) is 1. The van der Waals surface area contributed by atoms with Gasteiger partial charge in [0.1, 0.15) is 18.7 Å². The van der Waals surface area contributed by atoms with Crippen LogP contribution >= 0.6 is 0 Å². The molecule has 2 aromatic carbocycles. The SMILES string of the molecule is CCC(C)C(NC(=O)OCC1c2ccccc2-c2ccccc21)C(=O)N1CCC(C)C1C(=O)O. The molecule has 2 aliphatic rings. The van der Waals surface area contributed by atoms with Gasteiger partial charge >= 0.3 is 12.1 Å². The van der Waals surface area contributed by atoms with Gasteiger partial charge < -0.3 is 20.1 Å². The third kappa shape index (κ3) is 4.39. The largest absolute Gasteiger partial charge is 0.480 e. The number of nitrogens with zero attached hydrogens (tertiary/aromatic N) is 1. The third-order valence-electron chi connectivity index (χ3n) is 7.33. The van der Waals surface area contributed by atoms with Crippen LogP contribution in [0.25, 0.3) is 11.1 Å². The van der Waals surface area contributed by atoms with E-state index in [-0.39, 0.29) is 30.3 Å². The second kappa shape index (κ2) is 9.87. The first-order valence-electron chi connectivity index (χ1n) is 12.0. The van der Waals surface area contributed by atoms with Crippen molar-refractivity contribution in [2.75, 3.05) is 13.2 Å². The minimum atomic E-state index is -1.01. The van der Waals surface area contributed by atoms with Crippen LogP contribution in [0.15, 0.2) is 48.5 Å². The highest BCUT2D eigenvalue weighted by Crippen LogP contribution is 2.44. The second-order valence-corrected chi connectivity index (χ2v) is 9.41. The van der Waals surface area contributed by atoms with Gasteiger partial charge in [0.2, 0.25) is 5.91 Å². The van der Waals surface area contributed by atoms with Gasteiger partial charge in [-0.2, -0.15) is 0 Å². The van der Waals surface area contributed by atoms with Gasteiger partial charge in [0.25, 0.3) is 0 Å². The van der Waals surface area contributed by atoms with Crippen LogP contribution in [-0.4, -0.2) is 53.2 Å². The van der Waals surface area contributed by atoms with Gasteiger partial charge in [0.15, 0.2) is 0 Å². The summed E-state index contributed by atoms with van der Waals surface area (Å²) in [5.74, 6) is -1.75. The first kappa shape index (κ1) is 23.8. The topological polar surface area (TPSA) is 95.9 Å². The molecule has 0 radical (unpaired) electrons. The van der Waals surface area contributed by atoms with Crippen LogP contribution in [0, 0.1) is 11.8 Å². The number of benzene rings is 2. The molecule has 2 N–H and O–H groups in total. The van der Waals surface area contributed by atoms with E-state index in [2.05, 4.69) is 17.4 Å². The molecule has 0 aromatic heterocycles. The van der Waals surface area contributed by atoms with Crippen molar-refractivity contribution in [2.24, 2.45) is 11.8 Å². The molecule has 1 aliphatic carbocycles. The van der Waals surface area contributed by atoms with Crippen molar-refractivity contribution < 1.29 is 24.2 Å². The van der Waals surface area contributed by atoms with Gasteiger partial charge in [-0.15, -0.1) is 0 Å². The monoisotopic (exact) mass is 464 g/mol. The lowest BCUT2D eigenvalue weighted by molar-refractivity contribution is -0.150. The fourth-order valence-electron chi connectivity index (χ4n) is 5.20. The zero-order valence-electron chi connectivity index (χ0n) is 19.9. The predicted octanol–water partition coefficient (Wildman–Crippen LogP) is 4.26. The summed E-state index contributed by atoms with van der Waals surface area (Å²) in [7, 11) is 0. The van der Waals surface area contributed by atoms with Crippen molar-refractivity contribution in [3.8, 4) is 11.1 Å². The van der Waals surface area contributed by atoms with Gasteiger partial charge in [-0.1, -0.05) is 75.7 Å². The van der Waals surface area contributed by atoms with Crippen molar-refractivity contribution in [3.05, 3.63) is 59.7 Å². The fraction of sp³-hybridized carbons (Fsp3) is 0.444. The molecule has 4 rings (SSSR count). The van der Waals surface area contributed by atoms with E-state index in [4.69, 9.17) is 4.74 Å². The normalized spacial score (nSPS) is 20.9. The Kier molecular flexibility index (Phi) is 6.91. The molecule has 1 heterocycles. The number of carbonyl (C=O) groups excluding carboxylic acids is 2. The Hall–Kier alpha value is -3.35. The third-order valence-corrected chi connectivity index (χ3v) is 7.33. The maximum Gasteiger partial charge on any atom is 0.407 e. The number of hydrogen-bond donors (Lipinski definition) is 2. The van der Waals surface area contributed by atoms with Gasteiger partial charge in [0, 0.05) is 12.5 Å².